The predicted molar refractivity (Wildman–Crippen MR) is 63.6 cm³/mol. The first kappa shape index (κ1) is 15.0. The molecule has 0 atom stereocenters. The van der Waals surface area contributed by atoms with Crippen molar-refractivity contribution in [3.63, 3.8) is 0 Å². The number of unbranched alkanes of at least 4 members (excludes halogenated alkanes) is 1. The van der Waals surface area contributed by atoms with Crippen LogP contribution < -0.4 is 0 Å². The molecular formula is C13H18F3NO. The van der Waals surface area contributed by atoms with Crippen LogP contribution in [0.15, 0.2) is 12.1 Å². The summed E-state index contributed by atoms with van der Waals surface area (Å²) >= 11 is 0. The first-order valence-corrected chi connectivity index (χ1v) is 6.05. The Morgan fingerprint density at radius 1 is 1.06 bits per heavy atom. The molecule has 0 bridgehead atoms. The van der Waals surface area contributed by atoms with Crippen molar-refractivity contribution in [1.29, 1.82) is 0 Å². The normalized spacial score (nSPS) is 11.2. The van der Waals surface area contributed by atoms with E-state index in [4.69, 9.17) is 5.11 Å². The highest BCUT2D eigenvalue weighted by molar-refractivity contribution is 5.20. The van der Waals surface area contributed by atoms with Crippen molar-refractivity contribution >= 4 is 0 Å². The van der Waals surface area contributed by atoms with E-state index in [1.807, 2.05) is 11.8 Å². The largest absolute Gasteiger partial charge is 0.395 e. The van der Waals surface area contributed by atoms with E-state index in [2.05, 4.69) is 0 Å². The van der Waals surface area contributed by atoms with Gasteiger partial charge < -0.3 is 5.11 Å². The molecule has 0 aliphatic heterocycles. The van der Waals surface area contributed by atoms with Crippen molar-refractivity contribution in [1.82, 2.24) is 4.90 Å². The minimum Gasteiger partial charge on any atom is -0.395 e. The summed E-state index contributed by atoms with van der Waals surface area (Å²) in [7, 11) is 0. The second-order valence-corrected chi connectivity index (χ2v) is 4.21. The van der Waals surface area contributed by atoms with Gasteiger partial charge in [-0.1, -0.05) is 13.3 Å². The molecule has 1 N–H and O–H groups in total. The maximum Gasteiger partial charge on any atom is 0.161 e. The molecule has 1 aromatic carbocycles. The smallest absolute Gasteiger partial charge is 0.161 e. The van der Waals surface area contributed by atoms with Crippen LogP contribution in [0.25, 0.3) is 0 Å². The van der Waals surface area contributed by atoms with Crippen LogP contribution in [-0.2, 0) is 6.54 Å². The van der Waals surface area contributed by atoms with E-state index in [1.165, 1.54) is 0 Å². The predicted octanol–water partition coefficient (Wildman–Crippen LogP) is 2.70. The van der Waals surface area contributed by atoms with Crippen LogP contribution in [0.2, 0.25) is 0 Å². The van der Waals surface area contributed by atoms with Gasteiger partial charge in [0.1, 0.15) is 5.82 Å². The average molecular weight is 261 g/mol. The minimum absolute atomic E-state index is 0.0466. The molecule has 0 saturated heterocycles. The third-order valence-corrected chi connectivity index (χ3v) is 2.73. The molecule has 0 amide bonds. The number of benzene rings is 1. The quantitative estimate of drug-likeness (QED) is 0.763. The molecule has 102 valence electrons. The Balaban J connectivity index is 2.76. The summed E-state index contributed by atoms with van der Waals surface area (Å²) in [5.74, 6) is -2.99. The Labute approximate surface area is 105 Å². The first-order valence-electron chi connectivity index (χ1n) is 6.05. The molecule has 0 unspecified atom stereocenters. The molecule has 0 aromatic heterocycles. The highest BCUT2D eigenvalue weighted by Crippen LogP contribution is 2.15. The molecule has 0 saturated carbocycles. The van der Waals surface area contributed by atoms with Gasteiger partial charge in [0, 0.05) is 24.7 Å². The Morgan fingerprint density at radius 3 is 2.33 bits per heavy atom. The monoisotopic (exact) mass is 261 g/mol. The lowest BCUT2D eigenvalue weighted by Gasteiger charge is -2.21. The second-order valence-electron chi connectivity index (χ2n) is 4.21. The number of hydrogen-bond acceptors (Lipinski definition) is 2. The van der Waals surface area contributed by atoms with Crippen molar-refractivity contribution < 1.29 is 18.3 Å². The summed E-state index contributed by atoms with van der Waals surface area (Å²) in [6.45, 7) is 3.22. The molecule has 0 aliphatic carbocycles. The Hall–Kier alpha value is -1.07. The molecule has 5 heteroatoms. The average Bonchev–Trinajstić information content (AvgIpc) is 2.33. The van der Waals surface area contributed by atoms with Gasteiger partial charge in [0.2, 0.25) is 0 Å². The van der Waals surface area contributed by atoms with E-state index in [-0.39, 0.29) is 18.7 Å². The van der Waals surface area contributed by atoms with Crippen molar-refractivity contribution in [3.8, 4) is 0 Å². The molecular weight excluding hydrogens is 243 g/mol. The second kappa shape index (κ2) is 7.38. The molecule has 0 heterocycles. The summed E-state index contributed by atoms with van der Waals surface area (Å²) in [5, 5.41) is 8.91. The fourth-order valence-corrected chi connectivity index (χ4v) is 1.72. The van der Waals surface area contributed by atoms with Crippen LogP contribution in [0.3, 0.4) is 0 Å². The fraction of sp³-hybridized carbons (Fsp3) is 0.538. The summed E-state index contributed by atoms with van der Waals surface area (Å²) < 4.78 is 39.3. The Morgan fingerprint density at radius 2 is 1.72 bits per heavy atom. The van der Waals surface area contributed by atoms with E-state index in [9.17, 15) is 13.2 Å². The highest BCUT2D eigenvalue weighted by Gasteiger charge is 2.13. The summed E-state index contributed by atoms with van der Waals surface area (Å²) in [6, 6.07) is 1.43. The standard InChI is InChI=1S/C13H18F3NO/c1-2-3-4-17(5-6-18)9-10-7-12(15)13(16)8-11(10)14/h7-8,18H,2-6,9H2,1H3. The molecule has 0 spiro atoms. The van der Waals surface area contributed by atoms with Crippen LogP contribution in [0, 0.1) is 17.5 Å². The SMILES string of the molecule is CCCCN(CCO)Cc1cc(F)c(F)cc1F. The summed E-state index contributed by atoms with van der Waals surface area (Å²) in [5.41, 5.74) is 0.110. The maximum absolute atomic E-state index is 13.5. The molecule has 0 fully saturated rings. The number of hydrogen-bond donors (Lipinski definition) is 1. The van der Waals surface area contributed by atoms with E-state index in [1.54, 1.807) is 0 Å². The third-order valence-electron chi connectivity index (χ3n) is 2.73. The van der Waals surface area contributed by atoms with E-state index in [0.29, 0.717) is 19.2 Å². The zero-order valence-corrected chi connectivity index (χ0v) is 10.4. The minimum atomic E-state index is -1.18. The molecule has 0 radical (unpaired) electrons. The van der Waals surface area contributed by atoms with Gasteiger partial charge in [-0.2, -0.15) is 0 Å². The maximum atomic E-state index is 13.5. The van der Waals surface area contributed by atoms with Crippen LogP contribution in [-0.4, -0.2) is 29.7 Å². The summed E-state index contributed by atoms with van der Waals surface area (Å²) in [6.07, 6.45) is 1.88. The number of aliphatic hydroxyl groups excluding tert-OH is 1. The number of rotatable bonds is 7. The van der Waals surface area contributed by atoms with Crippen LogP contribution in [0.4, 0.5) is 13.2 Å². The van der Waals surface area contributed by atoms with Crippen LogP contribution in [0.1, 0.15) is 25.3 Å². The molecule has 1 rings (SSSR count). The zero-order valence-electron chi connectivity index (χ0n) is 10.4. The topological polar surface area (TPSA) is 23.5 Å². The van der Waals surface area contributed by atoms with Gasteiger partial charge in [0.05, 0.1) is 6.61 Å². The molecule has 18 heavy (non-hydrogen) atoms. The van der Waals surface area contributed by atoms with Gasteiger partial charge in [-0.25, -0.2) is 13.2 Å². The highest BCUT2D eigenvalue weighted by atomic mass is 19.2. The van der Waals surface area contributed by atoms with Gasteiger partial charge in [-0.3, -0.25) is 4.90 Å². The lowest BCUT2D eigenvalue weighted by molar-refractivity contribution is 0.186. The number of aliphatic hydroxyl groups is 1. The van der Waals surface area contributed by atoms with Crippen LogP contribution in [0.5, 0.6) is 0 Å². The number of nitrogens with zero attached hydrogens (tertiary/aromatic N) is 1. The first-order chi connectivity index (χ1) is 8.58. The van der Waals surface area contributed by atoms with Crippen molar-refractivity contribution in [2.45, 2.75) is 26.3 Å². The molecule has 2 nitrogen and oxygen atoms in total. The van der Waals surface area contributed by atoms with Crippen molar-refractivity contribution in [3.05, 3.63) is 35.1 Å². The van der Waals surface area contributed by atoms with Gasteiger partial charge in [-0.05, 0) is 19.0 Å². The van der Waals surface area contributed by atoms with E-state index in [0.717, 1.165) is 18.9 Å². The lowest BCUT2D eigenvalue weighted by atomic mass is 10.1. The van der Waals surface area contributed by atoms with E-state index >= 15 is 0 Å². The Kier molecular flexibility index (Phi) is 6.15. The van der Waals surface area contributed by atoms with Gasteiger partial charge in [-0.15, -0.1) is 0 Å². The van der Waals surface area contributed by atoms with Crippen LogP contribution >= 0.6 is 0 Å². The molecule has 1 aromatic rings. The molecule has 0 aliphatic rings. The van der Waals surface area contributed by atoms with Gasteiger partial charge in [0.25, 0.3) is 0 Å². The van der Waals surface area contributed by atoms with Gasteiger partial charge >= 0.3 is 0 Å². The fourth-order valence-electron chi connectivity index (χ4n) is 1.72. The van der Waals surface area contributed by atoms with Crippen molar-refractivity contribution in [2.75, 3.05) is 19.7 Å². The van der Waals surface area contributed by atoms with E-state index < -0.39 is 17.5 Å². The Bertz CT molecular complexity index is 385. The lowest BCUT2D eigenvalue weighted by Crippen LogP contribution is -2.28. The summed E-state index contributed by atoms with van der Waals surface area (Å²) in [4.78, 5) is 1.82. The van der Waals surface area contributed by atoms with Crippen molar-refractivity contribution in [2.24, 2.45) is 0 Å². The van der Waals surface area contributed by atoms with Gasteiger partial charge in [0.15, 0.2) is 11.6 Å². The zero-order chi connectivity index (χ0) is 13.5. The number of halogens is 3. The third kappa shape index (κ3) is 4.31.